The molecule has 88 valence electrons. The zero-order valence-electron chi connectivity index (χ0n) is 8.78. The van der Waals surface area contributed by atoms with E-state index in [1.807, 2.05) is 6.92 Å². The molecule has 0 aromatic carbocycles. The van der Waals surface area contributed by atoms with Crippen molar-refractivity contribution >= 4 is 11.9 Å². The number of aliphatic carboxylic acids is 2. The number of carboxylic acids is 2. The lowest BCUT2D eigenvalue weighted by molar-refractivity contribution is -0.154. The molecule has 0 saturated heterocycles. The molecule has 0 aliphatic heterocycles. The van der Waals surface area contributed by atoms with Gasteiger partial charge in [0.2, 0.25) is 0 Å². The molecule has 0 radical (unpaired) electrons. The van der Waals surface area contributed by atoms with Crippen molar-refractivity contribution in [3.8, 4) is 0 Å². The number of alkyl halides is 1. The van der Waals surface area contributed by atoms with Crippen LogP contribution in [-0.2, 0) is 9.59 Å². The second kappa shape index (κ2) is 7.20. The molecule has 0 spiro atoms. The van der Waals surface area contributed by atoms with E-state index in [0.717, 1.165) is 0 Å². The van der Waals surface area contributed by atoms with Crippen LogP contribution in [0.4, 0.5) is 4.39 Å². The third-order valence-corrected chi connectivity index (χ3v) is 2.37. The molecule has 1 atom stereocenters. The minimum absolute atomic E-state index is 0.109. The topological polar surface area (TPSA) is 74.6 Å². The fourth-order valence-electron chi connectivity index (χ4n) is 1.37. The van der Waals surface area contributed by atoms with Gasteiger partial charge >= 0.3 is 11.9 Å². The maximum Gasteiger partial charge on any atom is 0.317 e. The van der Waals surface area contributed by atoms with Gasteiger partial charge in [-0.1, -0.05) is 6.92 Å². The predicted octanol–water partition coefficient (Wildman–Crippen LogP) is 1.94. The van der Waals surface area contributed by atoms with Gasteiger partial charge in [0, 0.05) is 0 Å². The number of carbonyl (C=O) groups is 2. The largest absolute Gasteiger partial charge is 0.481 e. The van der Waals surface area contributed by atoms with Gasteiger partial charge in [0.05, 0.1) is 6.67 Å². The molecular formula is C10H17FO4. The first-order valence-electron chi connectivity index (χ1n) is 5.00. The van der Waals surface area contributed by atoms with Crippen molar-refractivity contribution in [2.45, 2.75) is 32.6 Å². The highest BCUT2D eigenvalue weighted by Gasteiger charge is 2.25. The molecule has 0 saturated carbocycles. The van der Waals surface area contributed by atoms with Crippen molar-refractivity contribution < 1.29 is 24.2 Å². The molecule has 0 aromatic heterocycles. The first-order chi connectivity index (χ1) is 6.99. The third-order valence-electron chi connectivity index (χ3n) is 2.37. The summed E-state index contributed by atoms with van der Waals surface area (Å²) in [5.74, 6) is -3.78. The van der Waals surface area contributed by atoms with Crippen molar-refractivity contribution in [1.29, 1.82) is 0 Å². The Hall–Kier alpha value is -1.13. The van der Waals surface area contributed by atoms with Gasteiger partial charge < -0.3 is 10.2 Å². The average Bonchev–Trinajstić information content (AvgIpc) is 2.13. The van der Waals surface area contributed by atoms with Crippen LogP contribution in [0, 0.1) is 11.8 Å². The minimum atomic E-state index is -1.34. The van der Waals surface area contributed by atoms with Crippen LogP contribution in [0.1, 0.15) is 32.6 Å². The summed E-state index contributed by atoms with van der Waals surface area (Å²) in [5, 5.41) is 17.2. The van der Waals surface area contributed by atoms with Crippen molar-refractivity contribution in [2.24, 2.45) is 11.8 Å². The maximum atomic E-state index is 11.8. The van der Waals surface area contributed by atoms with E-state index in [1.54, 1.807) is 0 Å². The Bertz CT molecular complexity index is 203. The Morgan fingerprint density at radius 1 is 1.13 bits per heavy atom. The van der Waals surface area contributed by atoms with Crippen molar-refractivity contribution in [3.05, 3.63) is 0 Å². The molecule has 0 amide bonds. The van der Waals surface area contributed by atoms with E-state index >= 15 is 0 Å². The predicted molar refractivity (Wildman–Crippen MR) is 52.4 cm³/mol. The molecule has 15 heavy (non-hydrogen) atoms. The smallest absolute Gasteiger partial charge is 0.317 e. The summed E-state index contributed by atoms with van der Waals surface area (Å²) >= 11 is 0. The van der Waals surface area contributed by atoms with E-state index in [4.69, 9.17) is 10.2 Å². The van der Waals surface area contributed by atoms with Crippen molar-refractivity contribution in [3.63, 3.8) is 0 Å². The number of hydrogen-bond acceptors (Lipinski definition) is 2. The summed E-state index contributed by atoms with van der Waals surface area (Å²) in [6.45, 7) is 1.49. The molecule has 4 nitrogen and oxygen atoms in total. The molecular weight excluding hydrogens is 203 g/mol. The zero-order valence-corrected chi connectivity index (χ0v) is 8.78. The Kier molecular flexibility index (Phi) is 6.66. The maximum absolute atomic E-state index is 11.8. The second-order valence-corrected chi connectivity index (χ2v) is 3.74. The van der Waals surface area contributed by atoms with Gasteiger partial charge in [0.25, 0.3) is 0 Å². The zero-order chi connectivity index (χ0) is 11.8. The standard InChI is InChI=1S/C10H17FO4/c1-7(3-2-6-11)4-5-8(9(12)13)10(14)15/h7-8H,2-6H2,1H3,(H,12,13)(H,14,15). The van der Waals surface area contributed by atoms with E-state index in [0.29, 0.717) is 19.3 Å². The average molecular weight is 220 g/mol. The van der Waals surface area contributed by atoms with Crippen LogP contribution in [0.25, 0.3) is 0 Å². The first kappa shape index (κ1) is 13.9. The van der Waals surface area contributed by atoms with E-state index in [1.165, 1.54) is 0 Å². The van der Waals surface area contributed by atoms with Gasteiger partial charge in [-0.3, -0.25) is 14.0 Å². The minimum Gasteiger partial charge on any atom is -0.481 e. The van der Waals surface area contributed by atoms with Crippen LogP contribution >= 0.6 is 0 Å². The lowest BCUT2D eigenvalue weighted by atomic mass is 9.94. The fraction of sp³-hybridized carbons (Fsp3) is 0.800. The van der Waals surface area contributed by atoms with Crippen LogP contribution in [0.15, 0.2) is 0 Å². The SMILES string of the molecule is CC(CCCF)CCC(C(=O)O)C(=O)O. The number of halogens is 1. The highest BCUT2D eigenvalue weighted by molar-refractivity contribution is 5.92. The fourth-order valence-corrected chi connectivity index (χ4v) is 1.37. The van der Waals surface area contributed by atoms with Gasteiger partial charge in [-0.15, -0.1) is 0 Å². The van der Waals surface area contributed by atoms with Crippen molar-refractivity contribution in [1.82, 2.24) is 0 Å². The van der Waals surface area contributed by atoms with E-state index in [2.05, 4.69) is 0 Å². The molecule has 0 heterocycles. The molecule has 0 bridgehead atoms. The second-order valence-electron chi connectivity index (χ2n) is 3.74. The van der Waals surface area contributed by atoms with E-state index < -0.39 is 17.9 Å². The van der Waals surface area contributed by atoms with Gasteiger partial charge in [-0.2, -0.15) is 0 Å². The third kappa shape index (κ3) is 6.04. The molecule has 0 aromatic rings. The van der Waals surface area contributed by atoms with Crippen molar-refractivity contribution in [2.75, 3.05) is 6.67 Å². The monoisotopic (exact) mass is 220 g/mol. The van der Waals surface area contributed by atoms with Crippen LogP contribution < -0.4 is 0 Å². The summed E-state index contributed by atoms with van der Waals surface area (Å²) in [6.07, 6.45) is 1.73. The quantitative estimate of drug-likeness (QED) is 0.613. The van der Waals surface area contributed by atoms with Gasteiger partial charge in [-0.25, -0.2) is 0 Å². The molecule has 0 aliphatic rings. The van der Waals surface area contributed by atoms with Gasteiger partial charge in [0.1, 0.15) is 0 Å². The molecule has 5 heteroatoms. The Morgan fingerprint density at radius 3 is 2.07 bits per heavy atom. The summed E-state index contributed by atoms with van der Waals surface area (Å²) in [4.78, 5) is 21.1. The van der Waals surface area contributed by atoms with E-state index in [9.17, 15) is 14.0 Å². The number of hydrogen-bond donors (Lipinski definition) is 2. The summed E-state index contributed by atoms with van der Waals surface area (Å²) in [5.41, 5.74) is 0. The lowest BCUT2D eigenvalue weighted by Crippen LogP contribution is -2.23. The lowest BCUT2D eigenvalue weighted by Gasteiger charge is -2.12. The van der Waals surface area contributed by atoms with Crippen LogP contribution in [0.5, 0.6) is 0 Å². The highest BCUT2D eigenvalue weighted by Crippen LogP contribution is 2.17. The van der Waals surface area contributed by atoms with Gasteiger partial charge in [-0.05, 0) is 31.6 Å². The molecule has 0 rings (SSSR count). The number of rotatable bonds is 8. The Labute approximate surface area is 88.1 Å². The first-order valence-corrected chi connectivity index (χ1v) is 5.00. The molecule has 0 aliphatic carbocycles. The summed E-state index contributed by atoms with van der Waals surface area (Å²) in [6, 6.07) is 0. The van der Waals surface area contributed by atoms with Crippen LogP contribution in [-0.4, -0.2) is 28.8 Å². The van der Waals surface area contributed by atoms with E-state index in [-0.39, 0.29) is 19.0 Å². The van der Waals surface area contributed by atoms with Gasteiger partial charge in [0.15, 0.2) is 5.92 Å². The Balaban J connectivity index is 3.89. The highest BCUT2D eigenvalue weighted by atomic mass is 19.1. The molecule has 1 unspecified atom stereocenters. The normalized spacial score (nSPS) is 12.7. The molecule has 0 fully saturated rings. The summed E-state index contributed by atoms with van der Waals surface area (Å²) in [7, 11) is 0. The van der Waals surface area contributed by atoms with Crippen LogP contribution in [0.2, 0.25) is 0 Å². The summed E-state index contributed by atoms with van der Waals surface area (Å²) < 4.78 is 11.8. The molecule has 2 N–H and O–H groups in total. The Morgan fingerprint density at radius 2 is 1.67 bits per heavy atom. The number of carboxylic acid groups (broad SMARTS) is 2. The van der Waals surface area contributed by atoms with Crippen LogP contribution in [0.3, 0.4) is 0 Å².